The van der Waals surface area contributed by atoms with Crippen LogP contribution in [0.15, 0.2) is 63.9 Å². The maximum atomic E-state index is 12.4. The van der Waals surface area contributed by atoms with Crippen LogP contribution >= 0.6 is 23.4 Å². The first-order chi connectivity index (χ1) is 12.7. The van der Waals surface area contributed by atoms with Gasteiger partial charge < -0.3 is 5.32 Å². The van der Waals surface area contributed by atoms with E-state index in [4.69, 9.17) is 11.6 Å². The molecule has 3 rings (SSSR count). The molecule has 3 nitrogen and oxygen atoms in total. The van der Waals surface area contributed by atoms with Crippen molar-refractivity contribution in [2.45, 2.75) is 41.5 Å². The van der Waals surface area contributed by atoms with Gasteiger partial charge in [-0.05, 0) is 54.8 Å². The molecular weight excluding hydrogens is 364 g/mol. The fourth-order valence-corrected chi connectivity index (χ4v) is 4.00. The number of hydrogen-bond acceptors (Lipinski definition) is 3. The molecule has 0 saturated heterocycles. The van der Waals surface area contributed by atoms with Crippen LogP contribution in [-0.4, -0.2) is 11.9 Å². The van der Waals surface area contributed by atoms with Crippen molar-refractivity contribution < 1.29 is 4.79 Å². The SMILES string of the molecule is N#C/C(=C\c1ccccc1Sc1ccc(Cl)cc1)C(=O)NC1CCCC1. The summed E-state index contributed by atoms with van der Waals surface area (Å²) >= 11 is 7.51. The Balaban J connectivity index is 1.80. The van der Waals surface area contributed by atoms with E-state index in [0.717, 1.165) is 41.0 Å². The second-order valence-corrected chi connectivity index (χ2v) is 7.77. The number of benzene rings is 2. The number of nitrogens with one attached hydrogen (secondary N) is 1. The number of halogens is 1. The Kier molecular flexibility index (Phi) is 6.38. The fraction of sp³-hybridized carbons (Fsp3) is 0.238. The second kappa shape index (κ2) is 8.93. The normalized spacial score (nSPS) is 14.8. The number of carbonyl (C=O) groups is 1. The van der Waals surface area contributed by atoms with Crippen LogP contribution in [0.1, 0.15) is 31.2 Å². The monoisotopic (exact) mass is 382 g/mol. The summed E-state index contributed by atoms with van der Waals surface area (Å²) in [6, 6.07) is 17.6. The van der Waals surface area contributed by atoms with Crippen molar-refractivity contribution in [1.82, 2.24) is 5.32 Å². The van der Waals surface area contributed by atoms with Crippen LogP contribution in [0.5, 0.6) is 0 Å². The molecule has 132 valence electrons. The molecule has 1 N–H and O–H groups in total. The lowest BCUT2D eigenvalue weighted by atomic mass is 10.1. The summed E-state index contributed by atoms with van der Waals surface area (Å²) in [4.78, 5) is 14.4. The summed E-state index contributed by atoms with van der Waals surface area (Å²) in [7, 11) is 0. The summed E-state index contributed by atoms with van der Waals surface area (Å²) < 4.78 is 0. The Bertz CT molecular complexity index is 849. The van der Waals surface area contributed by atoms with Crippen LogP contribution in [0.2, 0.25) is 5.02 Å². The van der Waals surface area contributed by atoms with Crippen LogP contribution in [0.3, 0.4) is 0 Å². The molecule has 1 aliphatic carbocycles. The Labute approximate surface area is 163 Å². The molecule has 26 heavy (non-hydrogen) atoms. The van der Waals surface area contributed by atoms with Crippen LogP contribution < -0.4 is 5.32 Å². The Morgan fingerprint density at radius 1 is 1.15 bits per heavy atom. The van der Waals surface area contributed by atoms with Gasteiger partial charge in [-0.15, -0.1) is 0 Å². The highest BCUT2D eigenvalue weighted by Gasteiger charge is 2.19. The molecular formula is C21H19ClN2OS. The minimum Gasteiger partial charge on any atom is -0.349 e. The van der Waals surface area contributed by atoms with Gasteiger partial charge in [0, 0.05) is 20.9 Å². The Hall–Kier alpha value is -2.22. The summed E-state index contributed by atoms with van der Waals surface area (Å²) in [6.07, 6.45) is 5.93. The number of nitrogens with zero attached hydrogens (tertiary/aromatic N) is 1. The van der Waals surface area contributed by atoms with Gasteiger partial charge in [0.25, 0.3) is 5.91 Å². The molecule has 0 spiro atoms. The predicted molar refractivity (Wildman–Crippen MR) is 106 cm³/mol. The molecule has 0 bridgehead atoms. The second-order valence-electron chi connectivity index (χ2n) is 6.22. The van der Waals surface area contributed by atoms with Crippen LogP contribution in [-0.2, 0) is 4.79 Å². The van der Waals surface area contributed by atoms with E-state index in [-0.39, 0.29) is 17.5 Å². The molecule has 1 aliphatic rings. The topological polar surface area (TPSA) is 52.9 Å². The van der Waals surface area contributed by atoms with E-state index in [1.54, 1.807) is 17.8 Å². The van der Waals surface area contributed by atoms with Gasteiger partial charge in [0.15, 0.2) is 0 Å². The highest BCUT2D eigenvalue weighted by molar-refractivity contribution is 7.99. The fourth-order valence-electron chi connectivity index (χ4n) is 2.96. The maximum Gasteiger partial charge on any atom is 0.262 e. The minimum atomic E-state index is -0.286. The first-order valence-corrected chi connectivity index (χ1v) is 9.80. The third-order valence-corrected chi connectivity index (χ3v) is 5.67. The van der Waals surface area contributed by atoms with Crippen LogP contribution in [0.25, 0.3) is 6.08 Å². The van der Waals surface area contributed by atoms with Gasteiger partial charge >= 0.3 is 0 Å². The molecule has 2 aromatic carbocycles. The molecule has 0 aliphatic heterocycles. The summed E-state index contributed by atoms with van der Waals surface area (Å²) in [5, 5.41) is 13.1. The van der Waals surface area contributed by atoms with Crippen molar-refractivity contribution in [2.24, 2.45) is 0 Å². The lowest BCUT2D eigenvalue weighted by Crippen LogP contribution is -2.33. The van der Waals surface area contributed by atoms with Gasteiger partial charge in [-0.25, -0.2) is 0 Å². The molecule has 0 heterocycles. The molecule has 5 heteroatoms. The van der Waals surface area contributed by atoms with Crippen molar-refractivity contribution in [1.29, 1.82) is 5.26 Å². The van der Waals surface area contributed by atoms with E-state index in [1.807, 2.05) is 54.6 Å². The summed E-state index contributed by atoms with van der Waals surface area (Å²) in [6.45, 7) is 0. The number of amides is 1. The number of rotatable bonds is 5. The van der Waals surface area contributed by atoms with E-state index in [2.05, 4.69) is 5.32 Å². The molecule has 1 saturated carbocycles. The maximum absolute atomic E-state index is 12.4. The van der Waals surface area contributed by atoms with Gasteiger partial charge in [-0.2, -0.15) is 5.26 Å². The predicted octanol–water partition coefficient (Wildman–Crippen LogP) is 5.46. The zero-order valence-corrected chi connectivity index (χ0v) is 15.8. The zero-order chi connectivity index (χ0) is 18.4. The van der Waals surface area contributed by atoms with Gasteiger partial charge in [0.05, 0.1) is 0 Å². The van der Waals surface area contributed by atoms with E-state index < -0.39 is 0 Å². The van der Waals surface area contributed by atoms with E-state index in [9.17, 15) is 10.1 Å². The van der Waals surface area contributed by atoms with Gasteiger partial charge in [-0.3, -0.25) is 4.79 Å². The minimum absolute atomic E-state index is 0.140. The average molecular weight is 383 g/mol. The van der Waals surface area contributed by atoms with E-state index in [0.29, 0.717) is 5.02 Å². The third kappa shape index (κ3) is 4.91. The number of nitriles is 1. The quantitative estimate of drug-likeness (QED) is 0.552. The van der Waals surface area contributed by atoms with Gasteiger partial charge in [-0.1, -0.05) is 54.4 Å². The molecule has 0 atom stereocenters. The molecule has 0 unspecified atom stereocenters. The Morgan fingerprint density at radius 2 is 1.85 bits per heavy atom. The highest BCUT2D eigenvalue weighted by Crippen LogP contribution is 2.32. The van der Waals surface area contributed by atoms with E-state index in [1.165, 1.54) is 0 Å². The van der Waals surface area contributed by atoms with Crippen molar-refractivity contribution in [3.8, 4) is 6.07 Å². The van der Waals surface area contributed by atoms with Gasteiger partial charge in [0.2, 0.25) is 0 Å². The van der Waals surface area contributed by atoms with Crippen LogP contribution in [0.4, 0.5) is 0 Å². The zero-order valence-electron chi connectivity index (χ0n) is 14.2. The molecule has 0 radical (unpaired) electrons. The standard InChI is InChI=1S/C21H19ClN2OS/c22-17-9-11-19(12-10-17)26-20-8-4-1-5-15(20)13-16(14-23)21(25)24-18-6-2-3-7-18/h1,4-5,8-13,18H,2-3,6-7H2,(H,24,25)/b16-13+. The first-order valence-electron chi connectivity index (χ1n) is 8.61. The van der Waals surface area contributed by atoms with Crippen LogP contribution in [0, 0.1) is 11.3 Å². The van der Waals surface area contributed by atoms with Crippen molar-refractivity contribution >= 4 is 35.3 Å². The summed E-state index contributed by atoms with van der Waals surface area (Å²) in [5.41, 5.74) is 0.992. The first kappa shape index (κ1) is 18.6. The molecule has 2 aromatic rings. The number of hydrogen-bond donors (Lipinski definition) is 1. The van der Waals surface area contributed by atoms with E-state index >= 15 is 0 Å². The summed E-state index contributed by atoms with van der Waals surface area (Å²) in [5.74, 6) is -0.286. The molecule has 1 amide bonds. The third-order valence-electron chi connectivity index (χ3n) is 4.32. The lowest BCUT2D eigenvalue weighted by molar-refractivity contribution is -0.117. The Morgan fingerprint density at radius 3 is 2.54 bits per heavy atom. The highest BCUT2D eigenvalue weighted by atomic mass is 35.5. The van der Waals surface area contributed by atoms with Crippen molar-refractivity contribution in [3.63, 3.8) is 0 Å². The smallest absolute Gasteiger partial charge is 0.262 e. The number of carbonyl (C=O) groups excluding carboxylic acids is 1. The molecule has 0 aromatic heterocycles. The molecule has 1 fully saturated rings. The largest absolute Gasteiger partial charge is 0.349 e. The van der Waals surface area contributed by atoms with Crippen molar-refractivity contribution in [2.75, 3.05) is 0 Å². The average Bonchev–Trinajstić information content (AvgIpc) is 3.15. The van der Waals surface area contributed by atoms with Crippen molar-refractivity contribution in [3.05, 3.63) is 64.7 Å². The van der Waals surface area contributed by atoms with Gasteiger partial charge in [0.1, 0.15) is 11.6 Å². The lowest BCUT2D eigenvalue weighted by Gasteiger charge is -2.11.